The highest BCUT2D eigenvalue weighted by atomic mass is 35.5. The molecular formula is C13H14ClN3O. The zero-order valence-corrected chi connectivity index (χ0v) is 10.8. The van der Waals surface area contributed by atoms with Gasteiger partial charge in [-0.05, 0) is 19.1 Å². The average molecular weight is 264 g/mol. The molecule has 1 aromatic carbocycles. The number of nitrogens with zero attached hydrogens (tertiary/aromatic N) is 1. The van der Waals surface area contributed by atoms with Crippen molar-refractivity contribution in [1.82, 2.24) is 9.97 Å². The predicted octanol–water partition coefficient (Wildman–Crippen LogP) is 2.30. The summed E-state index contributed by atoms with van der Waals surface area (Å²) in [6, 6.07) is 3.84. The van der Waals surface area contributed by atoms with Gasteiger partial charge in [0, 0.05) is 29.1 Å². The fourth-order valence-electron chi connectivity index (χ4n) is 2.28. The van der Waals surface area contributed by atoms with Crippen LogP contribution in [0.5, 0.6) is 5.75 Å². The lowest BCUT2D eigenvalue weighted by Crippen LogP contribution is -2.24. The summed E-state index contributed by atoms with van der Waals surface area (Å²) in [5, 5.41) is 0.706. The predicted molar refractivity (Wildman–Crippen MR) is 70.9 cm³/mol. The van der Waals surface area contributed by atoms with Crippen molar-refractivity contribution < 1.29 is 4.74 Å². The van der Waals surface area contributed by atoms with Crippen molar-refractivity contribution in [2.45, 2.75) is 19.4 Å². The number of rotatable bonds is 2. The van der Waals surface area contributed by atoms with E-state index in [4.69, 9.17) is 22.1 Å². The van der Waals surface area contributed by atoms with Crippen LogP contribution >= 0.6 is 11.6 Å². The number of H-pyrrole nitrogens is 1. The van der Waals surface area contributed by atoms with E-state index in [9.17, 15) is 0 Å². The van der Waals surface area contributed by atoms with E-state index in [1.807, 2.05) is 19.1 Å². The molecule has 0 amide bonds. The van der Waals surface area contributed by atoms with Crippen LogP contribution in [0.1, 0.15) is 11.4 Å². The maximum Gasteiger partial charge on any atom is 0.132 e. The summed E-state index contributed by atoms with van der Waals surface area (Å²) in [6.07, 6.45) is 2.65. The Bertz CT molecular complexity index is 594. The molecule has 2 heterocycles. The van der Waals surface area contributed by atoms with E-state index in [0.29, 0.717) is 11.6 Å². The van der Waals surface area contributed by atoms with Crippen LogP contribution in [-0.4, -0.2) is 22.6 Å². The van der Waals surface area contributed by atoms with Crippen molar-refractivity contribution in [2.24, 2.45) is 5.73 Å². The summed E-state index contributed by atoms with van der Waals surface area (Å²) in [5.41, 5.74) is 8.65. The Hall–Kier alpha value is -1.52. The van der Waals surface area contributed by atoms with Crippen LogP contribution in [0.3, 0.4) is 0 Å². The largest absolute Gasteiger partial charge is 0.488 e. The zero-order chi connectivity index (χ0) is 12.7. The standard InChI is InChI=1S/C13H14ClN3O/c1-7-16-6-12(17-7)11-4-9(14)2-8-3-10(5-15)18-13(8)11/h2,4,6,10H,3,5,15H2,1H3,(H,16,17)/t10-/m0/s1. The van der Waals surface area contributed by atoms with E-state index >= 15 is 0 Å². The molecule has 0 radical (unpaired) electrons. The highest BCUT2D eigenvalue weighted by Crippen LogP contribution is 2.40. The first-order chi connectivity index (χ1) is 8.67. The SMILES string of the molecule is Cc1ncc(-c2cc(Cl)cc3c2O[C@H](CN)C3)[nH]1. The number of aromatic amines is 1. The minimum Gasteiger partial charge on any atom is -0.488 e. The van der Waals surface area contributed by atoms with Gasteiger partial charge in [-0.15, -0.1) is 0 Å². The summed E-state index contributed by atoms with van der Waals surface area (Å²) < 4.78 is 5.87. The number of aryl methyl sites for hydroxylation is 1. The van der Waals surface area contributed by atoms with Crippen LogP contribution in [0.25, 0.3) is 11.3 Å². The smallest absolute Gasteiger partial charge is 0.132 e. The first-order valence-electron chi connectivity index (χ1n) is 5.88. The lowest BCUT2D eigenvalue weighted by molar-refractivity contribution is 0.242. The van der Waals surface area contributed by atoms with Gasteiger partial charge in [0.1, 0.15) is 17.7 Å². The molecule has 18 heavy (non-hydrogen) atoms. The zero-order valence-electron chi connectivity index (χ0n) is 10.0. The number of nitrogens with one attached hydrogen (secondary N) is 1. The van der Waals surface area contributed by atoms with Gasteiger partial charge in [0.15, 0.2) is 0 Å². The molecule has 3 N–H and O–H groups in total. The minimum atomic E-state index is 0.0428. The molecule has 0 saturated heterocycles. The number of imidazole rings is 1. The first kappa shape index (κ1) is 11.6. The van der Waals surface area contributed by atoms with Crippen molar-refractivity contribution in [2.75, 3.05) is 6.54 Å². The molecule has 0 aliphatic carbocycles. The molecular weight excluding hydrogens is 250 g/mol. The molecule has 0 saturated carbocycles. The van der Waals surface area contributed by atoms with Crippen LogP contribution in [0, 0.1) is 6.92 Å². The van der Waals surface area contributed by atoms with Crippen molar-refractivity contribution in [3.63, 3.8) is 0 Å². The number of hydrogen-bond acceptors (Lipinski definition) is 3. The maximum absolute atomic E-state index is 6.16. The lowest BCUT2D eigenvalue weighted by atomic mass is 10.0. The summed E-state index contributed by atoms with van der Waals surface area (Å²) in [7, 11) is 0. The van der Waals surface area contributed by atoms with Gasteiger partial charge >= 0.3 is 0 Å². The van der Waals surface area contributed by atoms with Crippen molar-refractivity contribution >= 4 is 11.6 Å². The molecule has 1 atom stereocenters. The van der Waals surface area contributed by atoms with E-state index < -0.39 is 0 Å². The average Bonchev–Trinajstić information content (AvgIpc) is 2.93. The molecule has 94 valence electrons. The van der Waals surface area contributed by atoms with Gasteiger partial charge in [0.2, 0.25) is 0 Å². The summed E-state index contributed by atoms with van der Waals surface area (Å²) in [6.45, 7) is 2.42. The molecule has 0 spiro atoms. The third kappa shape index (κ3) is 1.87. The Morgan fingerprint density at radius 3 is 3.06 bits per heavy atom. The number of fused-ring (bicyclic) bond motifs is 1. The second kappa shape index (κ2) is 4.30. The highest BCUT2D eigenvalue weighted by molar-refractivity contribution is 6.31. The summed E-state index contributed by atoms with van der Waals surface area (Å²) in [4.78, 5) is 7.41. The van der Waals surface area contributed by atoms with Crippen LogP contribution in [0.15, 0.2) is 18.3 Å². The van der Waals surface area contributed by atoms with Crippen molar-refractivity contribution in [1.29, 1.82) is 0 Å². The van der Waals surface area contributed by atoms with Gasteiger partial charge in [-0.1, -0.05) is 11.6 Å². The van der Waals surface area contributed by atoms with Crippen LogP contribution < -0.4 is 10.5 Å². The third-order valence-corrected chi connectivity index (χ3v) is 3.34. The van der Waals surface area contributed by atoms with Gasteiger partial charge in [-0.2, -0.15) is 0 Å². The maximum atomic E-state index is 6.16. The number of benzene rings is 1. The highest BCUT2D eigenvalue weighted by Gasteiger charge is 2.26. The van der Waals surface area contributed by atoms with E-state index in [2.05, 4.69) is 9.97 Å². The summed E-state index contributed by atoms with van der Waals surface area (Å²) in [5.74, 6) is 1.74. The Balaban J connectivity index is 2.11. The molecule has 0 unspecified atom stereocenters. The number of nitrogens with two attached hydrogens (primary N) is 1. The molecule has 2 aromatic rings. The van der Waals surface area contributed by atoms with Gasteiger partial charge in [-0.3, -0.25) is 0 Å². The first-order valence-corrected chi connectivity index (χ1v) is 6.26. The molecule has 4 nitrogen and oxygen atoms in total. The van der Waals surface area contributed by atoms with Crippen molar-refractivity contribution in [3.8, 4) is 17.0 Å². The Labute approximate surface area is 110 Å². The Morgan fingerprint density at radius 1 is 1.56 bits per heavy atom. The molecule has 1 aliphatic heterocycles. The normalized spacial score (nSPS) is 17.6. The van der Waals surface area contributed by atoms with Gasteiger partial charge < -0.3 is 15.5 Å². The van der Waals surface area contributed by atoms with Gasteiger partial charge in [0.25, 0.3) is 0 Å². The van der Waals surface area contributed by atoms with E-state index in [1.165, 1.54) is 0 Å². The molecule has 0 bridgehead atoms. The van der Waals surface area contributed by atoms with Crippen LogP contribution in [0.4, 0.5) is 0 Å². The fourth-order valence-corrected chi connectivity index (χ4v) is 2.52. The Morgan fingerprint density at radius 2 is 2.39 bits per heavy atom. The molecule has 0 fully saturated rings. The van der Waals surface area contributed by atoms with E-state index in [1.54, 1.807) is 6.20 Å². The number of ether oxygens (including phenoxy) is 1. The second-order valence-electron chi connectivity index (χ2n) is 4.50. The lowest BCUT2D eigenvalue weighted by Gasteiger charge is -2.10. The Kier molecular flexibility index (Phi) is 2.76. The van der Waals surface area contributed by atoms with E-state index in [0.717, 1.165) is 34.8 Å². The van der Waals surface area contributed by atoms with Gasteiger partial charge in [-0.25, -0.2) is 4.98 Å². The topological polar surface area (TPSA) is 63.9 Å². The molecule has 1 aromatic heterocycles. The number of halogens is 1. The van der Waals surface area contributed by atoms with Crippen LogP contribution in [0.2, 0.25) is 5.02 Å². The number of hydrogen-bond donors (Lipinski definition) is 2. The summed E-state index contributed by atoms with van der Waals surface area (Å²) >= 11 is 6.16. The third-order valence-electron chi connectivity index (χ3n) is 3.12. The minimum absolute atomic E-state index is 0.0428. The fraction of sp³-hybridized carbons (Fsp3) is 0.308. The second-order valence-corrected chi connectivity index (χ2v) is 4.94. The van der Waals surface area contributed by atoms with E-state index in [-0.39, 0.29) is 6.10 Å². The molecule has 3 rings (SSSR count). The number of aromatic nitrogens is 2. The monoisotopic (exact) mass is 263 g/mol. The van der Waals surface area contributed by atoms with Gasteiger partial charge in [0.05, 0.1) is 11.9 Å². The molecule has 5 heteroatoms. The van der Waals surface area contributed by atoms with Crippen molar-refractivity contribution in [3.05, 3.63) is 34.7 Å². The quantitative estimate of drug-likeness (QED) is 0.874. The van der Waals surface area contributed by atoms with Crippen LogP contribution in [-0.2, 0) is 6.42 Å². The molecule has 1 aliphatic rings.